The second-order valence-corrected chi connectivity index (χ2v) is 39.7. The summed E-state index contributed by atoms with van der Waals surface area (Å²) in [6, 6.07) is 49.2. The first-order valence-electron chi connectivity index (χ1n) is 45.8. The van der Waals surface area contributed by atoms with E-state index in [4.69, 9.17) is 23.7 Å². The molecule has 0 bridgehead atoms. The fourth-order valence-electron chi connectivity index (χ4n) is 31.4. The Morgan fingerprint density at radius 3 is 1.01 bits per heavy atom. The number of aryl methyl sites for hydroxylation is 3. The lowest BCUT2D eigenvalue weighted by Crippen LogP contribution is -2.43. The molecule has 12 atom stereocenters. The molecule has 0 aliphatic heterocycles. The molecule has 25 rings (SSSR count). The number of benzene rings is 10. The highest BCUT2D eigenvalue weighted by Gasteiger charge is 2.67. The average molecular weight is 1620 g/mol. The highest BCUT2D eigenvalue weighted by molar-refractivity contribution is 5.72. The van der Waals surface area contributed by atoms with E-state index in [0.717, 1.165) is 113 Å². The number of ether oxygens (including phenoxy) is 5. The summed E-state index contributed by atoms with van der Waals surface area (Å²) < 4.78 is 29.2. The number of rotatable bonds is 5. The van der Waals surface area contributed by atoms with Crippen molar-refractivity contribution in [1.29, 1.82) is 0 Å². The van der Waals surface area contributed by atoms with Crippen LogP contribution in [-0.4, -0.2) is 66.2 Å². The van der Waals surface area contributed by atoms with Crippen LogP contribution in [-0.2, 0) is 91.3 Å². The molecule has 15 aliphatic rings. The maximum Gasteiger partial charge on any atom is 0.203 e. The molecule has 5 fully saturated rings. The maximum absolute atomic E-state index is 10.7. The molecule has 5 saturated carbocycles. The lowest BCUT2D eigenvalue weighted by atomic mass is 9.57. The molecule has 626 valence electrons. The van der Waals surface area contributed by atoms with Gasteiger partial charge in [-0.05, 0) is 377 Å². The summed E-state index contributed by atoms with van der Waals surface area (Å²) in [5.41, 5.74) is 33.4. The minimum Gasteiger partial charge on any atom is -0.508 e. The zero-order valence-electron chi connectivity index (χ0n) is 72.7. The van der Waals surface area contributed by atoms with E-state index in [9.17, 15) is 30.6 Å². The van der Waals surface area contributed by atoms with E-state index in [1.54, 1.807) is 43.6 Å². The van der Waals surface area contributed by atoms with Gasteiger partial charge in [-0.1, -0.05) is 117 Å². The Morgan fingerprint density at radius 2 is 0.595 bits per heavy atom. The quantitative estimate of drug-likeness (QED) is 0.0971. The van der Waals surface area contributed by atoms with Crippen molar-refractivity contribution in [2.24, 2.45) is 65.1 Å². The van der Waals surface area contributed by atoms with Gasteiger partial charge >= 0.3 is 0 Å². The summed E-state index contributed by atoms with van der Waals surface area (Å²) in [6.45, 7) is 13.8. The zero-order chi connectivity index (χ0) is 83.4. The minimum absolute atomic E-state index is 0.0962. The van der Waals surface area contributed by atoms with Crippen LogP contribution in [0.3, 0.4) is 0 Å². The zero-order valence-corrected chi connectivity index (χ0v) is 72.7. The second kappa shape index (κ2) is 28.8. The first kappa shape index (κ1) is 78.3. The lowest BCUT2D eigenvalue weighted by Gasteiger charge is -2.46. The van der Waals surface area contributed by atoms with Gasteiger partial charge in [-0.15, -0.1) is 0 Å². The van der Waals surface area contributed by atoms with Gasteiger partial charge in [0.25, 0.3) is 0 Å². The normalized spacial score (nSPS) is 30.0. The smallest absolute Gasteiger partial charge is 0.203 e. The molecule has 10 aromatic carbocycles. The van der Waals surface area contributed by atoms with Gasteiger partial charge in [-0.3, -0.25) is 0 Å². The van der Waals surface area contributed by atoms with Crippen molar-refractivity contribution < 1.29 is 54.3 Å². The lowest BCUT2D eigenvalue weighted by molar-refractivity contribution is 0.129. The van der Waals surface area contributed by atoms with Crippen molar-refractivity contribution in [2.75, 3.05) is 35.5 Å². The Bertz CT molecular complexity index is 5700. The Hall–Kier alpha value is -10.0. The van der Waals surface area contributed by atoms with Gasteiger partial charge in [-0.25, -0.2) is 0 Å². The highest BCUT2D eigenvalue weighted by Crippen LogP contribution is 2.73. The number of hydrogen-bond acceptors (Lipinski definition) is 11. The van der Waals surface area contributed by atoms with Crippen LogP contribution in [0.5, 0.6) is 63.2 Å². The van der Waals surface area contributed by atoms with E-state index in [-0.39, 0.29) is 27.1 Å². The minimum atomic E-state index is -0.173. The van der Waals surface area contributed by atoms with E-state index in [0.29, 0.717) is 99.6 Å². The number of fused-ring (bicyclic) bond motifs is 10. The van der Waals surface area contributed by atoms with E-state index in [1.165, 1.54) is 180 Å². The van der Waals surface area contributed by atoms with Crippen LogP contribution >= 0.6 is 0 Å². The molecule has 0 radical (unpaired) electrons. The molecule has 121 heavy (non-hydrogen) atoms. The summed E-state index contributed by atoms with van der Waals surface area (Å²) in [5, 5.41) is 63.8. The van der Waals surface area contributed by atoms with Crippen molar-refractivity contribution in [1.82, 2.24) is 0 Å². The molecule has 0 heterocycles. The first-order valence-corrected chi connectivity index (χ1v) is 45.8. The average Bonchev–Trinajstić information content (AvgIpc) is 1.58. The summed E-state index contributed by atoms with van der Waals surface area (Å²) in [5.74, 6) is 13.5. The number of hydrogen-bond donors (Lipinski definition) is 6. The third-order valence-electron chi connectivity index (χ3n) is 35.2. The Balaban J connectivity index is 0.0000000937. The molecular formula is C110H120O11. The molecule has 2 unspecified atom stereocenters. The van der Waals surface area contributed by atoms with Crippen LogP contribution in [0, 0.1) is 99.7 Å². The topological polar surface area (TPSA) is 168 Å². The van der Waals surface area contributed by atoms with E-state index in [1.807, 2.05) is 87.0 Å². The molecular weight excluding hydrogens is 1500 g/mol. The van der Waals surface area contributed by atoms with Crippen molar-refractivity contribution in [3.8, 4) is 63.2 Å². The maximum atomic E-state index is 10.7. The monoisotopic (exact) mass is 1620 g/mol. The summed E-state index contributed by atoms with van der Waals surface area (Å²) >= 11 is 0. The molecule has 15 aliphatic carbocycles. The van der Waals surface area contributed by atoms with Gasteiger partial charge in [0.05, 0.1) is 35.5 Å². The van der Waals surface area contributed by atoms with Gasteiger partial charge in [0, 0.05) is 71.6 Å². The van der Waals surface area contributed by atoms with Gasteiger partial charge < -0.3 is 54.3 Å². The number of phenolic OH excluding ortho intramolecular Hbond substituents is 6. The molecule has 11 heteroatoms. The van der Waals surface area contributed by atoms with Crippen LogP contribution in [0.15, 0.2) is 146 Å². The van der Waals surface area contributed by atoms with Gasteiger partial charge in [0.2, 0.25) is 5.75 Å². The van der Waals surface area contributed by atoms with Gasteiger partial charge in [0.15, 0.2) is 11.5 Å². The Labute approximate surface area is 714 Å². The summed E-state index contributed by atoms with van der Waals surface area (Å²) in [6.07, 6.45) is 27.1. The molecule has 10 aromatic rings. The van der Waals surface area contributed by atoms with Crippen molar-refractivity contribution >= 4 is 0 Å². The number of phenols is 6. The largest absolute Gasteiger partial charge is 0.508 e. The van der Waals surface area contributed by atoms with Crippen LogP contribution in [0.4, 0.5) is 0 Å². The molecule has 6 N–H and O–H groups in total. The molecule has 5 spiro atoms. The third kappa shape index (κ3) is 10.5. The van der Waals surface area contributed by atoms with Crippen molar-refractivity contribution in [2.45, 2.75) is 216 Å². The second-order valence-electron chi connectivity index (χ2n) is 39.7. The van der Waals surface area contributed by atoms with Crippen LogP contribution in [0.2, 0.25) is 0 Å². The van der Waals surface area contributed by atoms with Crippen molar-refractivity contribution in [3.63, 3.8) is 0 Å². The van der Waals surface area contributed by atoms with Crippen molar-refractivity contribution in [3.05, 3.63) is 285 Å². The molecule has 0 aromatic heterocycles. The first-order chi connectivity index (χ1) is 58.7. The van der Waals surface area contributed by atoms with E-state index >= 15 is 0 Å². The highest BCUT2D eigenvalue weighted by atomic mass is 16.5. The van der Waals surface area contributed by atoms with Gasteiger partial charge in [0.1, 0.15) is 46.0 Å². The standard InChI is InChI=1S/C26H32O3.C24H28O2.C21H22O2.C20H20O2.C19H18O2/c1-14-10-21-19(16(3)15(14)2)11-17-8-7-9-18-12-20-22(26(17,18)21)13-23(27-4)25(29-6)24(20)28-5;1-14-8-11-21(26-4)23-18(14)12-16-6-5-7-17-13-19-20(25-3)10-9-15(2)22(19)24(16,17)23;1-12-8-15-10-13-4-2-6-17(22)19(13)21(15)16(9-12)11-14-5-3-7-18(23)20(14)21;21-16-8-1-4-12-10-14-6-3-7-15-11-13-5-2-9-17(22)19(13)20(14,15)18(12)16;20-15-5-1-3-11-9-13-7-8-14-10-12-4-2-6-16(21)18(12)19(13,14)17(11)15/h10,13,17-18H,7-9,11-12H2,1-6H3;8-11,16-17H,5-7,12-13H2,1-4H3;2-7,12,15-16,22-23H,8-11H2,1H3;1-2,4-5,8-9,14-15,21-22H,3,6-7,10-11H2;1-6,13-14,20-21H,7-10H2/t17-,18-,26?;16-,17-,24?;15-,16-,21?;14-,15-,20?;13-,14-,19?/m00101/s1. The van der Waals surface area contributed by atoms with Crippen LogP contribution in [0.1, 0.15) is 229 Å². The number of methoxy groups -OCH3 is 5. The predicted molar refractivity (Wildman–Crippen MR) is 476 cm³/mol. The predicted octanol–water partition coefficient (Wildman–Crippen LogP) is 22.2. The van der Waals surface area contributed by atoms with E-state index in [2.05, 4.69) is 114 Å². The SMILES string of the molecule is CC1C[C@@H]2Cc3cccc(O)c3C23c2c(O)cccc2C[C@H]3C1.COc1cc2c(c(OC)c1OC)C[C@@H]1CCC[C@H]3Cc4c(cc(C)c(C)c4C)C231.COc1ccc(C)c2c1C[C@@H]1CCC[C@H]3Cc4c(C)ccc(OC)c4C213.Oc1cccc2c1C13c4c(O)cccc4C[C@@H]1CCC[C@H]3C2.Oc1cccc2c1C13c4c(O)cccc4C[C@H]1CC[C@@H]3C2. The van der Waals surface area contributed by atoms with Gasteiger partial charge in [-0.2, -0.15) is 0 Å². The van der Waals surface area contributed by atoms with Crippen LogP contribution < -0.4 is 23.7 Å². The molecule has 11 nitrogen and oxygen atoms in total. The molecule has 0 amide bonds. The number of aromatic hydroxyl groups is 6. The summed E-state index contributed by atoms with van der Waals surface area (Å²) in [4.78, 5) is 0. The fraction of sp³-hybridized carbons (Fsp3) is 0.455. The van der Waals surface area contributed by atoms with E-state index < -0.39 is 0 Å². The fourth-order valence-corrected chi connectivity index (χ4v) is 31.4. The Kier molecular flexibility index (Phi) is 18.6. The summed E-state index contributed by atoms with van der Waals surface area (Å²) in [7, 11) is 8.84. The third-order valence-corrected chi connectivity index (χ3v) is 35.2. The Morgan fingerprint density at radius 1 is 0.264 bits per heavy atom. The van der Waals surface area contributed by atoms with Crippen LogP contribution in [0.25, 0.3) is 0 Å². The molecule has 0 saturated heterocycles.